The molecule has 3 aliphatic heterocycles. The zero-order valence-electron chi connectivity index (χ0n) is 22.5. The number of piperazine rings is 1. The van der Waals surface area contributed by atoms with Crippen molar-refractivity contribution in [2.75, 3.05) is 50.8 Å². The summed E-state index contributed by atoms with van der Waals surface area (Å²) in [5, 5.41) is 18.5. The second-order valence-corrected chi connectivity index (χ2v) is 10.5. The molecule has 0 spiro atoms. The van der Waals surface area contributed by atoms with E-state index in [1.165, 1.54) is 6.20 Å². The SMILES string of the molecule is N#Cc1ccc(N2CCN(C(=O)c3cccc(OC[C@@H]4C[C@H](C#N)CN4C4CNNC(=O)C4C(F)(F)F)c3)CC2)nc1. The van der Waals surface area contributed by atoms with Crippen molar-refractivity contribution in [2.45, 2.75) is 24.7 Å². The number of pyridine rings is 1. The van der Waals surface area contributed by atoms with Crippen LogP contribution in [0.25, 0.3) is 0 Å². The van der Waals surface area contributed by atoms with Gasteiger partial charge in [-0.2, -0.15) is 23.7 Å². The molecule has 4 heterocycles. The Morgan fingerprint density at radius 1 is 1.14 bits per heavy atom. The van der Waals surface area contributed by atoms with E-state index in [9.17, 15) is 28.0 Å². The van der Waals surface area contributed by atoms with Gasteiger partial charge in [0.2, 0.25) is 5.91 Å². The number of rotatable bonds is 6. The molecule has 14 heteroatoms. The van der Waals surface area contributed by atoms with Gasteiger partial charge in [-0.25, -0.2) is 10.4 Å². The number of halogens is 3. The molecular formula is C28H29F3N8O3. The number of nitrogens with zero attached hydrogens (tertiary/aromatic N) is 6. The van der Waals surface area contributed by atoms with Gasteiger partial charge in [0, 0.05) is 63.1 Å². The summed E-state index contributed by atoms with van der Waals surface area (Å²) in [5.41, 5.74) is 5.49. The summed E-state index contributed by atoms with van der Waals surface area (Å²) >= 11 is 0. The molecule has 0 radical (unpaired) electrons. The Morgan fingerprint density at radius 2 is 1.93 bits per heavy atom. The summed E-state index contributed by atoms with van der Waals surface area (Å²) in [6.07, 6.45) is -2.93. The van der Waals surface area contributed by atoms with Gasteiger partial charge in [-0.3, -0.25) is 19.9 Å². The lowest BCUT2D eigenvalue weighted by Gasteiger charge is -2.40. The molecule has 0 aliphatic carbocycles. The summed E-state index contributed by atoms with van der Waals surface area (Å²) in [5.74, 6) is -2.93. The quantitative estimate of drug-likeness (QED) is 0.521. The highest BCUT2D eigenvalue weighted by Gasteiger charge is 2.55. The van der Waals surface area contributed by atoms with E-state index in [4.69, 9.17) is 10.00 Å². The minimum absolute atomic E-state index is 0.00517. The summed E-state index contributed by atoms with van der Waals surface area (Å²) in [7, 11) is 0. The third-order valence-electron chi connectivity index (χ3n) is 7.90. The predicted molar refractivity (Wildman–Crippen MR) is 143 cm³/mol. The Bertz CT molecular complexity index is 1380. The number of nitrogens with one attached hydrogen (secondary N) is 2. The smallest absolute Gasteiger partial charge is 0.402 e. The molecule has 3 saturated heterocycles. The van der Waals surface area contributed by atoms with E-state index in [0.29, 0.717) is 49.5 Å². The van der Waals surface area contributed by atoms with Crippen molar-refractivity contribution in [3.63, 3.8) is 0 Å². The van der Waals surface area contributed by atoms with Crippen LogP contribution >= 0.6 is 0 Å². The van der Waals surface area contributed by atoms with E-state index in [0.717, 1.165) is 5.82 Å². The van der Waals surface area contributed by atoms with Gasteiger partial charge in [0.05, 0.1) is 17.6 Å². The van der Waals surface area contributed by atoms with E-state index in [2.05, 4.69) is 21.9 Å². The van der Waals surface area contributed by atoms with E-state index >= 15 is 0 Å². The topological polar surface area (TPSA) is 138 Å². The summed E-state index contributed by atoms with van der Waals surface area (Å²) in [6.45, 7) is 2.07. The van der Waals surface area contributed by atoms with Gasteiger partial charge in [-0.15, -0.1) is 0 Å². The highest BCUT2D eigenvalue weighted by Crippen LogP contribution is 2.36. The molecule has 3 fully saturated rings. The standard InChI is InChI=1S/C28H29F3N8O3/c29-28(30,31)25-23(15-35-36-26(25)40)39-16-19(13-33)10-21(39)17-42-22-3-1-2-20(11-22)27(41)38-8-6-37(7-9-38)24-5-4-18(12-32)14-34-24/h1-5,11,14,19,21,23,25,35H,6-10,15-17H2,(H,36,40)/t19-,21+,23?,25?/m1/s1. The fourth-order valence-corrected chi connectivity index (χ4v) is 5.77. The zero-order chi connectivity index (χ0) is 29.9. The number of hydrogen-bond acceptors (Lipinski definition) is 9. The molecule has 2 aromatic rings. The molecule has 220 valence electrons. The Kier molecular flexibility index (Phi) is 8.47. The lowest BCUT2D eigenvalue weighted by Crippen LogP contribution is -2.65. The van der Waals surface area contributed by atoms with Gasteiger partial charge in [0.1, 0.15) is 24.2 Å². The van der Waals surface area contributed by atoms with Gasteiger partial charge in [0.25, 0.3) is 5.91 Å². The molecule has 11 nitrogen and oxygen atoms in total. The van der Waals surface area contributed by atoms with Crippen LogP contribution in [-0.4, -0.2) is 90.7 Å². The van der Waals surface area contributed by atoms with Crippen molar-refractivity contribution in [3.8, 4) is 17.9 Å². The number of aromatic nitrogens is 1. The monoisotopic (exact) mass is 582 g/mol. The van der Waals surface area contributed by atoms with Crippen molar-refractivity contribution in [1.82, 2.24) is 25.6 Å². The number of nitriles is 2. The molecule has 5 rings (SSSR count). The number of carbonyl (C=O) groups excluding carboxylic acids is 2. The van der Waals surface area contributed by atoms with Gasteiger partial charge in [-0.05, 0) is 36.8 Å². The Morgan fingerprint density at radius 3 is 2.60 bits per heavy atom. The van der Waals surface area contributed by atoms with Crippen LogP contribution in [0.1, 0.15) is 22.3 Å². The van der Waals surface area contributed by atoms with Crippen LogP contribution in [-0.2, 0) is 4.79 Å². The van der Waals surface area contributed by atoms with Gasteiger partial charge in [-0.1, -0.05) is 6.07 Å². The fourth-order valence-electron chi connectivity index (χ4n) is 5.77. The number of amides is 2. The number of carbonyl (C=O) groups is 2. The van der Waals surface area contributed by atoms with Crippen molar-refractivity contribution in [3.05, 3.63) is 53.7 Å². The maximum atomic E-state index is 13.8. The largest absolute Gasteiger partial charge is 0.492 e. The molecule has 2 N–H and O–H groups in total. The molecule has 2 amide bonds. The Hall–Kier alpha value is -4.40. The average Bonchev–Trinajstić information content (AvgIpc) is 3.42. The van der Waals surface area contributed by atoms with E-state index in [1.807, 2.05) is 11.0 Å². The first kappa shape index (κ1) is 29.1. The summed E-state index contributed by atoms with van der Waals surface area (Å²) < 4.78 is 47.4. The van der Waals surface area contributed by atoms with Gasteiger partial charge >= 0.3 is 6.18 Å². The zero-order valence-corrected chi connectivity index (χ0v) is 22.5. The number of likely N-dealkylation sites (tertiary alicyclic amines) is 1. The van der Waals surface area contributed by atoms with Crippen molar-refractivity contribution in [2.24, 2.45) is 11.8 Å². The second-order valence-electron chi connectivity index (χ2n) is 10.5. The second kappa shape index (κ2) is 12.2. The van der Waals surface area contributed by atoms with Crippen LogP contribution in [0, 0.1) is 34.5 Å². The molecule has 4 atom stereocenters. The Balaban J connectivity index is 1.21. The fraction of sp³-hybridized carbons (Fsp3) is 0.464. The maximum Gasteiger partial charge on any atom is 0.402 e. The molecule has 0 bridgehead atoms. The van der Waals surface area contributed by atoms with Crippen LogP contribution < -0.4 is 20.5 Å². The normalized spacial score (nSPS) is 24.9. The molecular weight excluding hydrogens is 553 g/mol. The van der Waals surface area contributed by atoms with E-state index < -0.39 is 36.0 Å². The first-order valence-corrected chi connectivity index (χ1v) is 13.6. The minimum atomic E-state index is -4.74. The number of ether oxygens (including phenoxy) is 1. The van der Waals surface area contributed by atoms with Crippen molar-refractivity contribution < 1.29 is 27.5 Å². The van der Waals surface area contributed by atoms with Crippen molar-refractivity contribution in [1.29, 1.82) is 10.5 Å². The van der Waals surface area contributed by atoms with Crippen molar-refractivity contribution >= 4 is 17.6 Å². The van der Waals surface area contributed by atoms with Crippen LogP contribution in [0.2, 0.25) is 0 Å². The first-order chi connectivity index (χ1) is 20.2. The minimum Gasteiger partial charge on any atom is -0.492 e. The average molecular weight is 583 g/mol. The number of hydrogen-bond donors (Lipinski definition) is 2. The first-order valence-electron chi connectivity index (χ1n) is 13.6. The van der Waals surface area contributed by atoms with Crippen LogP contribution in [0.15, 0.2) is 42.6 Å². The lowest BCUT2D eigenvalue weighted by atomic mass is 9.94. The van der Waals surface area contributed by atoms with Crippen LogP contribution in [0.3, 0.4) is 0 Å². The highest BCUT2D eigenvalue weighted by atomic mass is 19.4. The van der Waals surface area contributed by atoms with Gasteiger partial charge < -0.3 is 14.5 Å². The molecule has 2 unspecified atom stereocenters. The van der Waals surface area contributed by atoms with Gasteiger partial charge in [0.15, 0.2) is 5.92 Å². The molecule has 42 heavy (non-hydrogen) atoms. The predicted octanol–water partition coefficient (Wildman–Crippen LogP) is 1.69. The van der Waals surface area contributed by atoms with Crippen LogP contribution in [0.5, 0.6) is 5.75 Å². The van der Waals surface area contributed by atoms with Crippen LogP contribution in [0.4, 0.5) is 19.0 Å². The third-order valence-corrected chi connectivity index (χ3v) is 7.90. The summed E-state index contributed by atoms with van der Waals surface area (Å²) in [4.78, 5) is 35.0. The number of alkyl halides is 3. The third kappa shape index (κ3) is 6.25. The molecule has 0 saturated carbocycles. The number of hydrazine groups is 1. The molecule has 3 aliphatic rings. The lowest BCUT2D eigenvalue weighted by molar-refractivity contribution is -0.201. The van der Waals surface area contributed by atoms with E-state index in [-0.39, 0.29) is 25.6 Å². The Labute approximate surface area is 240 Å². The number of benzene rings is 1. The molecule has 1 aromatic heterocycles. The highest BCUT2D eigenvalue weighted by molar-refractivity contribution is 5.94. The summed E-state index contributed by atoms with van der Waals surface area (Å²) in [6, 6.07) is 12.6. The molecule has 1 aromatic carbocycles. The van der Waals surface area contributed by atoms with E-state index in [1.54, 1.807) is 46.2 Å². The maximum absolute atomic E-state index is 13.8. The number of anilines is 1.